The first-order chi connectivity index (χ1) is 17.1. The monoisotopic (exact) mass is 502 g/mol. The number of benzene rings is 2. The number of hydrogen-bond acceptors (Lipinski definition) is 6. The predicted octanol–water partition coefficient (Wildman–Crippen LogP) is 5.54. The van der Waals surface area contributed by atoms with E-state index in [1.165, 1.54) is 5.56 Å². The largest absolute Gasteiger partial charge is 0.372 e. The highest BCUT2D eigenvalue weighted by Gasteiger charge is 2.29. The van der Waals surface area contributed by atoms with Crippen molar-refractivity contribution in [1.82, 2.24) is 19.2 Å². The van der Waals surface area contributed by atoms with Gasteiger partial charge in [0.2, 0.25) is 5.78 Å². The third-order valence-corrected chi connectivity index (χ3v) is 8.75. The Morgan fingerprint density at radius 3 is 2.49 bits per heavy atom. The molecule has 3 aromatic heterocycles. The lowest BCUT2D eigenvalue weighted by Crippen LogP contribution is -2.28. The van der Waals surface area contributed by atoms with Gasteiger partial charge in [-0.05, 0) is 22.6 Å². The summed E-state index contributed by atoms with van der Waals surface area (Å²) in [7, 11) is 0. The van der Waals surface area contributed by atoms with Crippen LogP contribution in [0.5, 0.6) is 0 Å². The summed E-state index contributed by atoms with van der Waals surface area (Å²) in [5, 5.41) is 10.7. The zero-order chi connectivity index (χ0) is 23.9. The van der Waals surface area contributed by atoms with Crippen LogP contribution in [0, 0.1) is 5.92 Å². The number of thioether (sulfide) groups is 1. The van der Waals surface area contributed by atoms with E-state index in [0.717, 1.165) is 43.6 Å². The van der Waals surface area contributed by atoms with Crippen molar-refractivity contribution in [3.63, 3.8) is 0 Å². The zero-order valence-corrected chi connectivity index (χ0v) is 21.3. The summed E-state index contributed by atoms with van der Waals surface area (Å²) in [6, 6.07) is 20.4. The lowest BCUT2D eigenvalue weighted by Gasteiger charge is -2.26. The van der Waals surface area contributed by atoms with Gasteiger partial charge in [-0.25, -0.2) is 4.40 Å². The van der Waals surface area contributed by atoms with Crippen molar-refractivity contribution in [2.45, 2.75) is 50.4 Å². The maximum atomic E-state index is 14.0. The Kier molecular flexibility index (Phi) is 5.96. The van der Waals surface area contributed by atoms with Gasteiger partial charge in [-0.15, -0.1) is 21.5 Å². The first-order valence-electron chi connectivity index (χ1n) is 11.8. The van der Waals surface area contributed by atoms with Crippen molar-refractivity contribution in [2.24, 2.45) is 5.92 Å². The summed E-state index contributed by atoms with van der Waals surface area (Å²) in [5.74, 6) is 1.76. The van der Waals surface area contributed by atoms with Crippen molar-refractivity contribution in [1.29, 1.82) is 0 Å². The van der Waals surface area contributed by atoms with Crippen LogP contribution >= 0.6 is 23.1 Å². The van der Waals surface area contributed by atoms with Gasteiger partial charge in [0.1, 0.15) is 4.83 Å². The molecule has 0 saturated heterocycles. The van der Waals surface area contributed by atoms with Crippen molar-refractivity contribution < 1.29 is 4.74 Å². The normalized spacial score (nSPS) is 15.8. The van der Waals surface area contributed by atoms with Crippen molar-refractivity contribution in [3.05, 3.63) is 92.6 Å². The number of rotatable bonds is 6. The summed E-state index contributed by atoms with van der Waals surface area (Å²) in [6.45, 7) is 5.35. The molecule has 8 heteroatoms. The number of hydrogen-bond donors (Lipinski definition) is 0. The van der Waals surface area contributed by atoms with Gasteiger partial charge >= 0.3 is 0 Å². The Hall–Kier alpha value is -2.94. The van der Waals surface area contributed by atoms with Gasteiger partial charge in [-0.3, -0.25) is 9.36 Å². The second kappa shape index (κ2) is 9.26. The van der Waals surface area contributed by atoms with Gasteiger partial charge in [-0.2, -0.15) is 0 Å². The van der Waals surface area contributed by atoms with Crippen LogP contribution in [0.4, 0.5) is 0 Å². The fraction of sp³-hybridized carbons (Fsp3) is 0.296. The molecule has 0 aliphatic carbocycles. The van der Waals surface area contributed by atoms with E-state index in [4.69, 9.17) is 4.74 Å². The van der Waals surface area contributed by atoms with Crippen LogP contribution in [0.3, 0.4) is 0 Å². The highest BCUT2D eigenvalue weighted by molar-refractivity contribution is 7.98. The third-order valence-electron chi connectivity index (χ3n) is 6.56. The smallest absolute Gasteiger partial charge is 0.264 e. The fourth-order valence-corrected chi connectivity index (χ4v) is 6.83. The first-order valence-corrected chi connectivity index (χ1v) is 13.6. The molecule has 4 heterocycles. The third kappa shape index (κ3) is 4.09. The van der Waals surface area contributed by atoms with Crippen molar-refractivity contribution in [2.75, 3.05) is 0 Å². The van der Waals surface area contributed by atoms with Crippen LogP contribution in [0.2, 0.25) is 0 Å². The maximum Gasteiger partial charge on any atom is 0.264 e. The van der Waals surface area contributed by atoms with Gasteiger partial charge in [-0.1, -0.05) is 86.3 Å². The molecule has 0 amide bonds. The standard InChI is InChI=1S/C27H26N4O2S2/c1-17(2)21-13-20-22(15-33-21)35-25-23(20)24(32)30(14-18-9-5-3-6-10-18)26-28-29-27(31(25)26)34-16-19-11-7-4-8-12-19/h3-12,17,21H,13-16H2,1-2H3/t21-/m1/s1. The Morgan fingerprint density at radius 1 is 1.06 bits per heavy atom. The van der Waals surface area contributed by atoms with Gasteiger partial charge in [0, 0.05) is 17.1 Å². The molecule has 1 aliphatic rings. The molecular formula is C27H26N4O2S2. The van der Waals surface area contributed by atoms with Gasteiger partial charge in [0.15, 0.2) is 5.16 Å². The predicted molar refractivity (Wildman–Crippen MR) is 141 cm³/mol. The summed E-state index contributed by atoms with van der Waals surface area (Å²) in [6.07, 6.45) is 0.874. The molecule has 0 spiro atoms. The van der Waals surface area contributed by atoms with Crippen LogP contribution in [0.25, 0.3) is 16.0 Å². The molecule has 0 saturated carbocycles. The van der Waals surface area contributed by atoms with E-state index in [0.29, 0.717) is 24.8 Å². The lowest BCUT2D eigenvalue weighted by atomic mass is 9.96. The fourth-order valence-electron chi connectivity index (χ4n) is 4.64. The lowest BCUT2D eigenvalue weighted by molar-refractivity contribution is 0.00200. The average Bonchev–Trinajstić information content (AvgIpc) is 3.47. The molecule has 6 nitrogen and oxygen atoms in total. The molecule has 0 unspecified atom stereocenters. The summed E-state index contributed by atoms with van der Waals surface area (Å²) >= 11 is 3.29. The first kappa shape index (κ1) is 22.5. The van der Waals surface area contributed by atoms with Gasteiger partial charge in [0.05, 0.1) is 24.6 Å². The molecule has 0 bridgehead atoms. The van der Waals surface area contributed by atoms with Crippen LogP contribution < -0.4 is 5.56 Å². The molecule has 6 rings (SSSR count). The Bertz CT molecular complexity index is 1550. The second-order valence-electron chi connectivity index (χ2n) is 9.25. The molecule has 178 valence electrons. The Morgan fingerprint density at radius 2 is 1.77 bits per heavy atom. The number of nitrogens with zero attached hydrogens (tertiary/aromatic N) is 4. The quantitative estimate of drug-likeness (QED) is 0.285. The van der Waals surface area contributed by atoms with E-state index in [1.807, 2.05) is 48.5 Å². The second-order valence-corrected chi connectivity index (χ2v) is 11.3. The van der Waals surface area contributed by atoms with Crippen molar-refractivity contribution in [3.8, 4) is 0 Å². The minimum Gasteiger partial charge on any atom is -0.372 e. The summed E-state index contributed by atoms with van der Waals surface area (Å²) in [4.78, 5) is 16.0. The average molecular weight is 503 g/mol. The summed E-state index contributed by atoms with van der Waals surface area (Å²) in [5.41, 5.74) is 3.42. The van der Waals surface area contributed by atoms with Gasteiger partial charge < -0.3 is 4.74 Å². The Labute approximate surface area is 211 Å². The number of thiophene rings is 1. The van der Waals surface area contributed by atoms with E-state index in [-0.39, 0.29) is 11.7 Å². The van der Waals surface area contributed by atoms with Crippen LogP contribution in [0.1, 0.15) is 35.4 Å². The number of fused-ring (bicyclic) bond motifs is 5. The minimum absolute atomic E-state index is 0.00488. The highest BCUT2D eigenvalue weighted by atomic mass is 32.2. The Balaban J connectivity index is 1.54. The topological polar surface area (TPSA) is 61.4 Å². The van der Waals surface area contributed by atoms with E-state index in [2.05, 4.69) is 40.6 Å². The van der Waals surface area contributed by atoms with E-state index in [1.54, 1.807) is 27.7 Å². The summed E-state index contributed by atoms with van der Waals surface area (Å²) < 4.78 is 10.0. The molecule has 5 aromatic rings. The molecule has 2 aromatic carbocycles. The minimum atomic E-state index is 0.00488. The number of aromatic nitrogens is 4. The molecule has 1 aliphatic heterocycles. The maximum absolute atomic E-state index is 14.0. The molecule has 0 N–H and O–H groups in total. The van der Waals surface area contributed by atoms with E-state index in [9.17, 15) is 4.79 Å². The molecule has 0 radical (unpaired) electrons. The van der Waals surface area contributed by atoms with Crippen LogP contribution in [-0.4, -0.2) is 25.3 Å². The molecule has 0 fully saturated rings. The van der Waals surface area contributed by atoms with E-state index >= 15 is 0 Å². The molecule has 35 heavy (non-hydrogen) atoms. The number of ether oxygens (including phenoxy) is 1. The zero-order valence-electron chi connectivity index (χ0n) is 19.7. The van der Waals surface area contributed by atoms with E-state index < -0.39 is 0 Å². The van der Waals surface area contributed by atoms with Crippen molar-refractivity contribution >= 4 is 39.1 Å². The van der Waals surface area contributed by atoms with Crippen LogP contribution in [-0.2, 0) is 30.1 Å². The SMILES string of the molecule is CC(C)[C@H]1Cc2c(sc3c2c(=O)n(Cc2ccccc2)c2nnc(SCc4ccccc4)n32)CO1. The molecular weight excluding hydrogens is 476 g/mol. The molecule has 1 atom stereocenters. The van der Waals surface area contributed by atoms with Gasteiger partial charge in [0.25, 0.3) is 5.56 Å². The highest BCUT2D eigenvalue weighted by Crippen LogP contribution is 2.37. The van der Waals surface area contributed by atoms with Crippen LogP contribution in [0.15, 0.2) is 70.6 Å².